The molecule has 0 aliphatic heterocycles. The Balaban J connectivity index is 2.33. The predicted octanol–water partition coefficient (Wildman–Crippen LogP) is 3.73. The van der Waals surface area contributed by atoms with Gasteiger partial charge in [0.25, 0.3) is 5.91 Å². The molecule has 3 N–H and O–H groups in total. The van der Waals surface area contributed by atoms with Crippen LogP contribution >= 0.6 is 11.6 Å². The van der Waals surface area contributed by atoms with E-state index in [9.17, 15) is 19.1 Å². The number of rotatable bonds is 3. The number of aromatic nitrogens is 1. The third-order valence-electron chi connectivity index (χ3n) is 4.48. The maximum Gasteiger partial charge on any atom is 0.262 e. The lowest BCUT2D eigenvalue weighted by molar-refractivity contribution is -0.119. The lowest BCUT2D eigenvalue weighted by atomic mass is 9.97. The second-order valence-corrected chi connectivity index (χ2v) is 6.53. The van der Waals surface area contributed by atoms with Crippen LogP contribution in [0.3, 0.4) is 0 Å². The highest BCUT2D eigenvalue weighted by Gasteiger charge is 2.26. The first-order chi connectivity index (χ1) is 12.2. The Hall–Kier alpha value is -2.86. The minimum absolute atomic E-state index is 0.251. The van der Waals surface area contributed by atoms with Crippen LogP contribution in [0.15, 0.2) is 36.4 Å². The van der Waals surface area contributed by atoms with Crippen molar-refractivity contribution < 1.29 is 19.1 Å². The molecule has 0 saturated carbocycles. The minimum Gasteiger partial charge on any atom is -0.505 e. The van der Waals surface area contributed by atoms with Gasteiger partial charge in [0.2, 0.25) is 5.91 Å². The van der Waals surface area contributed by atoms with Crippen LogP contribution in [-0.4, -0.2) is 21.5 Å². The van der Waals surface area contributed by atoms with Gasteiger partial charge in [0.05, 0.1) is 11.4 Å². The summed E-state index contributed by atoms with van der Waals surface area (Å²) in [6, 6.07) is 8.55. The van der Waals surface area contributed by atoms with Gasteiger partial charge in [0.1, 0.15) is 0 Å². The highest BCUT2D eigenvalue weighted by Crippen LogP contribution is 2.35. The Labute approximate surface area is 153 Å². The lowest BCUT2D eigenvalue weighted by Gasteiger charge is -2.10. The molecule has 0 radical (unpaired) electrons. The van der Waals surface area contributed by atoms with Gasteiger partial charge >= 0.3 is 0 Å². The molecule has 2 aromatic carbocycles. The van der Waals surface area contributed by atoms with Crippen molar-refractivity contribution in [2.24, 2.45) is 5.73 Å². The first-order valence-corrected chi connectivity index (χ1v) is 8.23. The molecule has 26 heavy (non-hydrogen) atoms. The van der Waals surface area contributed by atoms with Crippen molar-refractivity contribution in [3.63, 3.8) is 0 Å². The third kappa shape index (κ3) is 2.82. The molecular formula is C19H16ClFN2O3. The summed E-state index contributed by atoms with van der Waals surface area (Å²) in [5, 5.41) is 10.6. The van der Waals surface area contributed by atoms with E-state index in [0.717, 1.165) is 6.07 Å². The van der Waals surface area contributed by atoms with Gasteiger partial charge in [0, 0.05) is 27.7 Å². The summed E-state index contributed by atoms with van der Waals surface area (Å²) < 4.78 is 15.3. The first-order valence-electron chi connectivity index (χ1n) is 7.85. The number of carbonyl (C=O) groups excluding carboxylic acids is 2. The largest absolute Gasteiger partial charge is 0.505 e. The number of aromatic hydroxyl groups is 1. The van der Waals surface area contributed by atoms with E-state index in [0.29, 0.717) is 27.2 Å². The number of benzene rings is 2. The van der Waals surface area contributed by atoms with Crippen LogP contribution in [0.4, 0.5) is 4.39 Å². The molecule has 0 aliphatic carbocycles. The zero-order valence-corrected chi connectivity index (χ0v) is 14.8. The van der Waals surface area contributed by atoms with Crippen molar-refractivity contribution in [2.75, 3.05) is 0 Å². The molecule has 5 nitrogen and oxygen atoms in total. The number of primary amides is 1. The van der Waals surface area contributed by atoms with E-state index in [4.69, 9.17) is 17.3 Å². The van der Waals surface area contributed by atoms with Gasteiger partial charge in [-0.25, -0.2) is 4.39 Å². The number of halogens is 2. The number of hydrogen-bond acceptors (Lipinski definition) is 3. The molecule has 0 bridgehead atoms. The SMILES string of the molecule is Cc1c([C@H](C)C(N)=O)c2cc(O)c(F)cc2n1C(=O)c1ccc(Cl)cc1. The Morgan fingerprint density at radius 3 is 2.42 bits per heavy atom. The van der Waals surface area contributed by atoms with Gasteiger partial charge in [-0.15, -0.1) is 0 Å². The average molecular weight is 375 g/mol. The summed E-state index contributed by atoms with van der Waals surface area (Å²) in [6.07, 6.45) is 0. The van der Waals surface area contributed by atoms with Gasteiger partial charge in [-0.1, -0.05) is 11.6 Å². The summed E-state index contributed by atoms with van der Waals surface area (Å²) in [6.45, 7) is 3.25. The van der Waals surface area contributed by atoms with Crippen LogP contribution in [0.5, 0.6) is 5.75 Å². The first kappa shape index (κ1) is 17.9. The molecule has 134 valence electrons. The summed E-state index contributed by atoms with van der Waals surface area (Å²) in [5.41, 5.74) is 6.96. The molecule has 1 heterocycles. The fraction of sp³-hybridized carbons (Fsp3) is 0.158. The zero-order valence-electron chi connectivity index (χ0n) is 14.1. The Kier molecular flexibility index (Phi) is 4.46. The zero-order chi connectivity index (χ0) is 19.2. The average Bonchev–Trinajstić information content (AvgIpc) is 2.85. The van der Waals surface area contributed by atoms with Crippen molar-refractivity contribution in [2.45, 2.75) is 19.8 Å². The molecule has 0 spiro atoms. The minimum atomic E-state index is -0.863. The van der Waals surface area contributed by atoms with E-state index in [1.54, 1.807) is 38.1 Å². The Morgan fingerprint density at radius 1 is 1.23 bits per heavy atom. The standard InChI is InChI=1S/C19H16ClFN2O3/c1-9(18(22)25)17-10(2)23(15-8-14(21)16(24)7-13(15)17)19(26)11-3-5-12(20)6-4-11/h3-9,24H,1-2H3,(H2,22,25)/t9-/m0/s1. The molecule has 7 heteroatoms. The third-order valence-corrected chi connectivity index (χ3v) is 4.73. The van der Waals surface area contributed by atoms with Crippen LogP contribution in [0.25, 0.3) is 10.9 Å². The maximum atomic E-state index is 14.0. The van der Waals surface area contributed by atoms with E-state index in [2.05, 4.69) is 0 Å². The summed E-state index contributed by atoms with van der Waals surface area (Å²) >= 11 is 5.86. The highest BCUT2D eigenvalue weighted by atomic mass is 35.5. The Morgan fingerprint density at radius 2 is 1.85 bits per heavy atom. The van der Waals surface area contributed by atoms with Gasteiger partial charge in [-0.05, 0) is 49.7 Å². The van der Waals surface area contributed by atoms with Crippen molar-refractivity contribution in [3.05, 3.63) is 64.1 Å². The molecule has 3 rings (SSSR count). The summed E-state index contributed by atoms with van der Waals surface area (Å²) in [7, 11) is 0. The molecule has 1 atom stereocenters. The Bertz CT molecular complexity index is 1040. The summed E-state index contributed by atoms with van der Waals surface area (Å²) in [5.74, 6) is -3.14. The molecule has 0 fully saturated rings. The van der Waals surface area contributed by atoms with Crippen molar-refractivity contribution in [1.82, 2.24) is 4.57 Å². The quantitative estimate of drug-likeness (QED) is 0.732. The van der Waals surface area contributed by atoms with E-state index in [1.165, 1.54) is 10.6 Å². The van der Waals surface area contributed by atoms with Crippen LogP contribution in [0.2, 0.25) is 5.02 Å². The molecule has 3 aromatic rings. The molecular weight excluding hydrogens is 359 g/mol. The lowest BCUT2D eigenvalue weighted by Crippen LogP contribution is -2.20. The van der Waals surface area contributed by atoms with Crippen molar-refractivity contribution >= 4 is 34.3 Å². The van der Waals surface area contributed by atoms with Crippen molar-refractivity contribution in [1.29, 1.82) is 0 Å². The van der Waals surface area contributed by atoms with Crippen LogP contribution in [-0.2, 0) is 4.79 Å². The van der Waals surface area contributed by atoms with E-state index >= 15 is 0 Å². The number of carbonyl (C=O) groups is 2. The van der Waals surface area contributed by atoms with E-state index in [1.807, 2.05) is 0 Å². The van der Waals surface area contributed by atoms with E-state index < -0.39 is 29.3 Å². The van der Waals surface area contributed by atoms with Gasteiger partial charge < -0.3 is 10.8 Å². The maximum absolute atomic E-state index is 14.0. The predicted molar refractivity (Wildman–Crippen MR) is 97.1 cm³/mol. The number of hydrogen-bond donors (Lipinski definition) is 2. The topological polar surface area (TPSA) is 85.3 Å². The fourth-order valence-corrected chi connectivity index (χ4v) is 3.25. The van der Waals surface area contributed by atoms with Crippen LogP contribution in [0.1, 0.15) is 34.5 Å². The number of amides is 1. The van der Waals surface area contributed by atoms with Gasteiger partial charge in [0.15, 0.2) is 11.6 Å². The van der Waals surface area contributed by atoms with Crippen LogP contribution in [0, 0.1) is 12.7 Å². The van der Waals surface area contributed by atoms with Crippen LogP contribution < -0.4 is 5.73 Å². The van der Waals surface area contributed by atoms with Gasteiger partial charge in [-0.2, -0.15) is 0 Å². The highest BCUT2D eigenvalue weighted by molar-refractivity contribution is 6.30. The second-order valence-electron chi connectivity index (χ2n) is 6.09. The van der Waals surface area contributed by atoms with Crippen molar-refractivity contribution in [3.8, 4) is 5.75 Å². The smallest absolute Gasteiger partial charge is 0.262 e. The number of nitrogens with zero attached hydrogens (tertiary/aromatic N) is 1. The molecule has 0 aliphatic rings. The summed E-state index contributed by atoms with van der Waals surface area (Å²) in [4.78, 5) is 24.7. The molecule has 1 aromatic heterocycles. The monoisotopic (exact) mass is 374 g/mol. The van der Waals surface area contributed by atoms with Gasteiger partial charge in [-0.3, -0.25) is 14.2 Å². The normalized spacial score (nSPS) is 12.3. The fourth-order valence-electron chi connectivity index (χ4n) is 3.12. The second kappa shape index (κ2) is 6.46. The number of nitrogens with two attached hydrogens (primary N) is 1. The molecule has 0 saturated heterocycles. The number of phenolic OH excluding ortho intramolecular Hbond substituents is 1. The molecule has 1 amide bonds. The number of phenols is 1. The van der Waals surface area contributed by atoms with E-state index in [-0.39, 0.29) is 5.52 Å². The number of fused-ring (bicyclic) bond motifs is 1. The molecule has 0 unspecified atom stereocenters.